The number of nitrogens with one attached hydrogen (secondary N) is 1. The van der Waals surface area contributed by atoms with E-state index in [-0.39, 0.29) is 11.8 Å². The highest BCUT2D eigenvalue weighted by atomic mass is 35.5. The zero-order valence-electron chi connectivity index (χ0n) is 14.6. The van der Waals surface area contributed by atoms with Gasteiger partial charge in [0.15, 0.2) is 0 Å². The van der Waals surface area contributed by atoms with E-state index in [4.69, 9.17) is 17.3 Å². The Balaban J connectivity index is 1.82. The molecule has 6 nitrogen and oxygen atoms in total. The predicted octanol–water partition coefficient (Wildman–Crippen LogP) is 3.06. The number of carbonyl (C=O) groups is 3. The SMILES string of the molecule is CC(=O)N1CCc2c(sc(NC(=O)C=Cc3ccccc3Cl)c2C(N)=O)C1. The van der Waals surface area contributed by atoms with Crippen molar-refractivity contribution in [1.82, 2.24) is 4.90 Å². The van der Waals surface area contributed by atoms with Crippen molar-refractivity contribution in [3.63, 3.8) is 0 Å². The molecule has 0 saturated heterocycles. The number of halogens is 1. The Labute approximate surface area is 165 Å². The van der Waals surface area contributed by atoms with E-state index >= 15 is 0 Å². The summed E-state index contributed by atoms with van der Waals surface area (Å²) in [5.74, 6) is -1.00. The molecule has 140 valence electrons. The quantitative estimate of drug-likeness (QED) is 0.768. The third kappa shape index (κ3) is 4.20. The van der Waals surface area contributed by atoms with Gasteiger partial charge in [0, 0.05) is 29.4 Å². The van der Waals surface area contributed by atoms with Crippen LogP contribution >= 0.6 is 22.9 Å². The lowest BCUT2D eigenvalue weighted by atomic mass is 10.0. The minimum absolute atomic E-state index is 0.0251. The number of rotatable bonds is 4. The molecule has 0 unspecified atom stereocenters. The summed E-state index contributed by atoms with van der Waals surface area (Å²) in [6, 6.07) is 7.15. The van der Waals surface area contributed by atoms with Crippen molar-refractivity contribution in [1.29, 1.82) is 0 Å². The molecule has 1 aliphatic rings. The molecule has 2 heterocycles. The Hall–Kier alpha value is -2.64. The first kappa shape index (κ1) is 19.1. The zero-order chi connectivity index (χ0) is 19.6. The summed E-state index contributed by atoms with van der Waals surface area (Å²) >= 11 is 7.35. The third-order valence-electron chi connectivity index (χ3n) is 4.30. The second kappa shape index (κ2) is 7.94. The van der Waals surface area contributed by atoms with Crippen molar-refractivity contribution < 1.29 is 14.4 Å². The van der Waals surface area contributed by atoms with E-state index in [0.29, 0.717) is 40.7 Å². The Bertz CT molecular complexity index is 952. The highest BCUT2D eigenvalue weighted by Crippen LogP contribution is 2.37. The van der Waals surface area contributed by atoms with Crippen LogP contribution in [0.2, 0.25) is 5.02 Å². The molecule has 3 N–H and O–H groups in total. The van der Waals surface area contributed by atoms with Crippen molar-refractivity contribution in [3.8, 4) is 0 Å². The normalized spacial score (nSPS) is 13.5. The number of nitrogens with zero attached hydrogens (tertiary/aromatic N) is 1. The van der Waals surface area contributed by atoms with Crippen LogP contribution in [0, 0.1) is 0 Å². The number of benzene rings is 1. The number of carbonyl (C=O) groups excluding carboxylic acids is 3. The first-order valence-corrected chi connectivity index (χ1v) is 9.49. The van der Waals surface area contributed by atoms with Crippen molar-refractivity contribution in [3.05, 3.63) is 56.9 Å². The van der Waals surface area contributed by atoms with Crippen molar-refractivity contribution in [2.75, 3.05) is 11.9 Å². The van der Waals surface area contributed by atoms with Gasteiger partial charge >= 0.3 is 0 Å². The van der Waals surface area contributed by atoms with Gasteiger partial charge < -0.3 is 16.0 Å². The van der Waals surface area contributed by atoms with Crippen molar-refractivity contribution in [2.24, 2.45) is 5.73 Å². The number of anilines is 1. The summed E-state index contributed by atoms with van der Waals surface area (Å²) in [5.41, 5.74) is 7.40. The molecular weight excluding hydrogens is 386 g/mol. The highest BCUT2D eigenvalue weighted by molar-refractivity contribution is 7.17. The van der Waals surface area contributed by atoms with E-state index in [2.05, 4.69) is 5.32 Å². The molecule has 0 saturated carbocycles. The Morgan fingerprint density at radius 3 is 2.70 bits per heavy atom. The van der Waals surface area contributed by atoms with Crippen LogP contribution in [0.4, 0.5) is 5.00 Å². The topological polar surface area (TPSA) is 92.5 Å². The largest absolute Gasteiger partial charge is 0.365 e. The van der Waals surface area contributed by atoms with E-state index in [9.17, 15) is 14.4 Å². The second-order valence-corrected chi connectivity index (χ2v) is 7.62. The Morgan fingerprint density at radius 2 is 2.04 bits per heavy atom. The van der Waals surface area contributed by atoms with Gasteiger partial charge in [0.1, 0.15) is 5.00 Å². The average molecular weight is 404 g/mol. The van der Waals surface area contributed by atoms with Gasteiger partial charge in [-0.25, -0.2) is 0 Å². The van der Waals surface area contributed by atoms with Crippen molar-refractivity contribution >= 4 is 51.7 Å². The maximum atomic E-state index is 12.3. The molecule has 0 aliphatic carbocycles. The highest BCUT2D eigenvalue weighted by Gasteiger charge is 2.28. The van der Waals surface area contributed by atoms with Crippen LogP contribution in [0.15, 0.2) is 30.3 Å². The summed E-state index contributed by atoms with van der Waals surface area (Å²) in [5, 5.41) is 3.67. The first-order valence-electron chi connectivity index (χ1n) is 8.30. The van der Waals surface area contributed by atoms with E-state index in [0.717, 1.165) is 10.4 Å². The van der Waals surface area contributed by atoms with Crippen LogP contribution in [0.3, 0.4) is 0 Å². The molecule has 8 heteroatoms. The molecule has 0 fully saturated rings. The number of hydrogen-bond acceptors (Lipinski definition) is 4. The monoisotopic (exact) mass is 403 g/mol. The summed E-state index contributed by atoms with van der Waals surface area (Å²) < 4.78 is 0. The standard InChI is InChI=1S/C19H18ClN3O3S/c1-11(24)23-9-8-13-15(10-23)27-19(17(13)18(21)26)22-16(25)7-6-12-4-2-3-5-14(12)20/h2-7H,8-10H2,1H3,(H2,21,26)(H,22,25). The summed E-state index contributed by atoms with van der Waals surface area (Å²) in [6.07, 6.45) is 3.49. The summed E-state index contributed by atoms with van der Waals surface area (Å²) in [6.45, 7) is 2.45. The van der Waals surface area contributed by atoms with E-state index in [1.54, 1.807) is 29.2 Å². The van der Waals surface area contributed by atoms with Crippen LogP contribution in [0.1, 0.15) is 33.3 Å². The van der Waals surface area contributed by atoms with E-state index in [1.165, 1.54) is 24.3 Å². The van der Waals surface area contributed by atoms with Crippen LogP contribution in [0.25, 0.3) is 6.08 Å². The molecule has 27 heavy (non-hydrogen) atoms. The third-order valence-corrected chi connectivity index (χ3v) is 5.78. The zero-order valence-corrected chi connectivity index (χ0v) is 16.2. The maximum Gasteiger partial charge on any atom is 0.251 e. The molecule has 0 bridgehead atoms. The number of nitrogens with two attached hydrogens (primary N) is 1. The van der Waals surface area contributed by atoms with Gasteiger partial charge in [0.25, 0.3) is 5.91 Å². The van der Waals surface area contributed by atoms with Gasteiger partial charge in [-0.05, 0) is 29.7 Å². The smallest absolute Gasteiger partial charge is 0.251 e. The lowest BCUT2D eigenvalue weighted by molar-refractivity contribution is -0.129. The Kier molecular flexibility index (Phi) is 5.62. The minimum Gasteiger partial charge on any atom is -0.365 e. The van der Waals surface area contributed by atoms with Gasteiger partial charge in [-0.1, -0.05) is 29.8 Å². The summed E-state index contributed by atoms with van der Waals surface area (Å²) in [4.78, 5) is 38.4. The number of hydrogen-bond donors (Lipinski definition) is 2. The number of amides is 3. The molecule has 1 aromatic heterocycles. The number of fused-ring (bicyclic) bond motifs is 1. The molecule has 0 atom stereocenters. The van der Waals surface area contributed by atoms with Gasteiger partial charge in [-0.3, -0.25) is 14.4 Å². The van der Waals surface area contributed by atoms with Gasteiger partial charge in [-0.2, -0.15) is 0 Å². The fourth-order valence-electron chi connectivity index (χ4n) is 2.95. The average Bonchev–Trinajstić information content (AvgIpc) is 2.97. The maximum absolute atomic E-state index is 12.3. The Morgan fingerprint density at radius 1 is 1.30 bits per heavy atom. The van der Waals surface area contributed by atoms with Crippen LogP contribution in [0.5, 0.6) is 0 Å². The molecule has 3 amide bonds. The van der Waals surface area contributed by atoms with E-state index < -0.39 is 5.91 Å². The molecular formula is C19H18ClN3O3S. The number of primary amides is 1. The molecule has 1 aromatic carbocycles. The second-order valence-electron chi connectivity index (χ2n) is 6.11. The molecule has 3 rings (SSSR count). The van der Waals surface area contributed by atoms with Gasteiger partial charge in [0.2, 0.25) is 11.8 Å². The van der Waals surface area contributed by atoms with E-state index in [1.807, 2.05) is 6.07 Å². The predicted molar refractivity (Wildman–Crippen MR) is 107 cm³/mol. The fourth-order valence-corrected chi connectivity index (χ4v) is 4.42. The van der Waals surface area contributed by atoms with Crippen LogP contribution < -0.4 is 11.1 Å². The number of thiophene rings is 1. The first-order chi connectivity index (χ1) is 12.9. The lowest BCUT2D eigenvalue weighted by Crippen LogP contribution is -2.34. The van der Waals surface area contributed by atoms with Crippen LogP contribution in [-0.4, -0.2) is 29.2 Å². The molecule has 0 spiro atoms. The molecule has 0 radical (unpaired) electrons. The molecule has 2 aromatic rings. The fraction of sp³-hybridized carbons (Fsp3) is 0.211. The minimum atomic E-state index is -0.589. The van der Waals surface area contributed by atoms with Gasteiger partial charge in [0.05, 0.1) is 12.1 Å². The summed E-state index contributed by atoms with van der Waals surface area (Å²) in [7, 11) is 0. The van der Waals surface area contributed by atoms with Crippen molar-refractivity contribution in [2.45, 2.75) is 19.9 Å². The molecule has 1 aliphatic heterocycles. The lowest BCUT2D eigenvalue weighted by Gasteiger charge is -2.25. The van der Waals surface area contributed by atoms with Gasteiger partial charge in [-0.15, -0.1) is 11.3 Å². The van der Waals surface area contributed by atoms with Crippen LogP contribution in [-0.2, 0) is 22.6 Å².